The highest BCUT2D eigenvalue weighted by atomic mass is 19.4. The van der Waals surface area contributed by atoms with Gasteiger partial charge in [-0.3, -0.25) is 9.59 Å². The molecule has 0 unspecified atom stereocenters. The van der Waals surface area contributed by atoms with E-state index in [0.717, 1.165) is 61.9 Å². The first-order valence-electron chi connectivity index (χ1n) is 15.9. The Labute approximate surface area is 260 Å². The van der Waals surface area contributed by atoms with Gasteiger partial charge >= 0.3 is 6.18 Å². The predicted octanol–water partition coefficient (Wildman–Crippen LogP) is 6.43. The molecule has 1 aliphatic carbocycles. The minimum atomic E-state index is -4.59. The third-order valence-electron chi connectivity index (χ3n) is 7.90. The maximum atomic E-state index is 13.8. The summed E-state index contributed by atoms with van der Waals surface area (Å²) in [5.74, 6) is 0.713. The highest BCUT2D eigenvalue weighted by Gasteiger charge is 2.34. The van der Waals surface area contributed by atoms with Crippen molar-refractivity contribution < 1.29 is 22.8 Å². The van der Waals surface area contributed by atoms with E-state index in [4.69, 9.17) is 0 Å². The Balaban J connectivity index is 0.00000169. The number of piperidine rings is 1. The van der Waals surface area contributed by atoms with Crippen LogP contribution in [0, 0.1) is 0 Å². The monoisotopic (exact) mass is 618 g/mol. The van der Waals surface area contributed by atoms with Gasteiger partial charge in [-0.15, -0.1) is 0 Å². The van der Waals surface area contributed by atoms with Gasteiger partial charge in [0.2, 0.25) is 11.8 Å². The number of alkyl halides is 3. The highest BCUT2D eigenvalue weighted by molar-refractivity contribution is 5.82. The summed E-state index contributed by atoms with van der Waals surface area (Å²) in [7, 11) is 0. The van der Waals surface area contributed by atoms with Crippen molar-refractivity contribution in [2.75, 3.05) is 56.0 Å². The molecule has 1 saturated carbocycles. The van der Waals surface area contributed by atoms with Gasteiger partial charge in [-0.2, -0.15) is 13.2 Å². The first-order valence-corrected chi connectivity index (χ1v) is 15.9. The lowest BCUT2D eigenvalue weighted by molar-refractivity contribution is -0.133. The van der Waals surface area contributed by atoms with Gasteiger partial charge in [-0.1, -0.05) is 26.8 Å². The van der Waals surface area contributed by atoms with Gasteiger partial charge in [0.25, 0.3) is 0 Å². The van der Waals surface area contributed by atoms with E-state index in [1.54, 1.807) is 11.8 Å². The van der Waals surface area contributed by atoms with Crippen molar-refractivity contribution >= 4 is 29.4 Å². The molecular formula is C33H49F3N6O2. The molecule has 2 amide bonds. The number of nitrogens with one attached hydrogen (secondary N) is 2. The van der Waals surface area contributed by atoms with E-state index in [1.165, 1.54) is 13.3 Å². The summed E-state index contributed by atoms with van der Waals surface area (Å²) in [5.41, 5.74) is 2.08. The molecule has 44 heavy (non-hydrogen) atoms. The van der Waals surface area contributed by atoms with Crippen LogP contribution in [0.15, 0.2) is 46.9 Å². The number of carbonyl (C=O) groups is 2. The lowest BCUT2D eigenvalue weighted by Crippen LogP contribution is -2.48. The average molecular weight is 619 g/mol. The molecule has 1 aromatic rings. The van der Waals surface area contributed by atoms with Gasteiger partial charge in [0.15, 0.2) is 0 Å². The van der Waals surface area contributed by atoms with E-state index in [9.17, 15) is 22.8 Å². The topological polar surface area (TPSA) is 80.3 Å². The van der Waals surface area contributed by atoms with E-state index in [1.807, 2.05) is 17.0 Å². The van der Waals surface area contributed by atoms with E-state index >= 15 is 0 Å². The van der Waals surface area contributed by atoms with Crippen LogP contribution in [-0.2, 0) is 9.59 Å². The summed E-state index contributed by atoms with van der Waals surface area (Å²) in [6.07, 6.45) is 2.57. The number of aliphatic imine (C=N–C) groups is 1. The Hall–Kier alpha value is -3.50. The summed E-state index contributed by atoms with van der Waals surface area (Å²) >= 11 is 0. The van der Waals surface area contributed by atoms with Crippen LogP contribution >= 0.6 is 0 Å². The van der Waals surface area contributed by atoms with E-state index in [-0.39, 0.29) is 23.3 Å². The van der Waals surface area contributed by atoms with Gasteiger partial charge < -0.3 is 25.3 Å². The number of amides is 2. The van der Waals surface area contributed by atoms with Crippen LogP contribution in [0.3, 0.4) is 0 Å². The number of benzene rings is 1. The summed E-state index contributed by atoms with van der Waals surface area (Å²) in [4.78, 5) is 33.5. The van der Waals surface area contributed by atoms with Gasteiger partial charge in [-0.05, 0) is 68.7 Å². The number of carbonyl (C=O) groups excluding carboxylic acids is 2. The molecule has 3 aliphatic rings. The molecule has 2 N–H and O–H groups in total. The number of allylic oxidation sites excluding steroid dienone is 2. The van der Waals surface area contributed by atoms with Crippen LogP contribution in [0.4, 0.5) is 24.5 Å². The molecule has 2 saturated heterocycles. The smallest absolute Gasteiger partial charge is 0.388 e. The molecule has 2 heterocycles. The Morgan fingerprint density at radius 3 is 2.36 bits per heavy atom. The van der Waals surface area contributed by atoms with Crippen molar-refractivity contribution in [2.45, 2.75) is 84.7 Å². The zero-order chi connectivity index (χ0) is 32.3. The summed E-state index contributed by atoms with van der Waals surface area (Å²) in [5, 5.41) is 5.96. The largest absolute Gasteiger partial charge is 0.419 e. The number of likely N-dealkylation sites (tertiary alicyclic amines) is 1. The fourth-order valence-electron chi connectivity index (χ4n) is 5.32. The second-order valence-corrected chi connectivity index (χ2v) is 11.7. The Kier molecular flexibility index (Phi) is 13.1. The normalized spacial score (nSPS) is 18.1. The quantitative estimate of drug-likeness (QED) is 0.221. The fraction of sp³-hybridized carbons (Fsp3) is 0.606. The van der Waals surface area contributed by atoms with Crippen molar-refractivity contribution in [3.8, 4) is 0 Å². The molecule has 3 fully saturated rings. The molecule has 8 nitrogen and oxygen atoms in total. The van der Waals surface area contributed by atoms with Crippen molar-refractivity contribution in [1.82, 2.24) is 15.1 Å². The molecule has 244 valence electrons. The number of halogens is 3. The molecule has 4 rings (SSSR count). The van der Waals surface area contributed by atoms with Crippen molar-refractivity contribution in [1.29, 1.82) is 0 Å². The summed E-state index contributed by atoms with van der Waals surface area (Å²) in [6.45, 7) is 15.5. The minimum absolute atomic E-state index is 0.0214. The molecule has 2 aliphatic heterocycles. The Bertz CT molecular complexity index is 1200. The number of rotatable bonds is 11. The molecule has 11 heteroatoms. The van der Waals surface area contributed by atoms with Crippen LogP contribution in [0.5, 0.6) is 0 Å². The van der Waals surface area contributed by atoms with Crippen LogP contribution in [-0.4, -0.2) is 79.8 Å². The number of hydrogen-bond donors (Lipinski definition) is 2. The number of anilines is 2. The summed E-state index contributed by atoms with van der Waals surface area (Å²) in [6, 6.07) is 6.05. The van der Waals surface area contributed by atoms with Gasteiger partial charge in [0.05, 0.1) is 5.57 Å². The minimum Gasteiger partial charge on any atom is -0.388 e. The predicted molar refractivity (Wildman–Crippen MR) is 172 cm³/mol. The number of piperazine rings is 1. The maximum absolute atomic E-state index is 13.8. The SMILES string of the molecule is C=C(/N=C\C(=C(/C)NCCCN1CCCCC1=O)C(F)(F)F)Nc1ccc(N2CCN(C(C)=O)CC2)cc1C1CC1.CCC. The highest BCUT2D eigenvalue weighted by Crippen LogP contribution is 2.45. The molecule has 0 bridgehead atoms. The van der Waals surface area contributed by atoms with Crippen LogP contribution < -0.4 is 15.5 Å². The van der Waals surface area contributed by atoms with Crippen molar-refractivity contribution in [2.24, 2.45) is 4.99 Å². The third-order valence-corrected chi connectivity index (χ3v) is 7.90. The zero-order valence-corrected chi connectivity index (χ0v) is 26.7. The van der Waals surface area contributed by atoms with E-state index in [0.29, 0.717) is 51.5 Å². The standard InChI is InChI=1S/C30H41F3N6O2.C3H8/c1-21(34-12-6-14-39-13-5-4-7-29(39)41)27(30(31,32)33)20-35-22(2)36-28-11-10-25(19-26(28)24-8-9-24)38-17-15-37(16-18-38)23(3)40;1-3-2/h10-11,19-20,24,34,36H,2,4-9,12-18H2,1,3H3;3H2,1-2H3/b27-21-,35-20-;. The van der Waals surface area contributed by atoms with Gasteiger partial charge in [-0.25, -0.2) is 4.99 Å². The Morgan fingerprint density at radius 1 is 1.09 bits per heavy atom. The van der Waals surface area contributed by atoms with Crippen LogP contribution in [0.1, 0.15) is 84.1 Å². The van der Waals surface area contributed by atoms with Gasteiger partial charge in [0, 0.05) is 82.4 Å². The first-order chi connectivity index (χ1) is 20.9. The number of nitrogens with zero attached hydrogens (tertiary/aromatic N) is 4. The van der Waals surface area contributed by atoms with Gasteiger partial charge in [0.1, 0.15) is 5.82 Å². The second kappa shape index (κ2) is 16.5. The lowest BCUT2D eigenvalue weighted by atomic mass is 10.1. The first kappa shape index (κ1) is 35.0. The molecular weight excluding hydrogens is 569 g/mol. The van der Waals surface area contributed by atoms with Crippen molar-refractivity contribution in [3.63, 3.8) is 0 Å². The number of hydrogen-bond acceptors (Lipinski definition) is 6. The molecule has 0 aromatic heterocycles. The average Bonchev–Trinajstić information content (AvgIpc) is 3.82. The van der Waals surface area contributed by atoms with E-state index in [2.05, 4.69) is 47.0 Å². The lowest BCUT2D eigenvalue weighted by Gasteiger charge is -2.36. The third kappa shape index (κ3) is 10.6. The summed E-state index contributed by atoms with van der Waals surface area (Å²) < 4.78 is 41.5. The maximum Gasteiger partial charge on any atom is 0.419 e. The van der Waals surface area contributed by atoms with Crippen LogP contribution in [0.2, 0.25) is 0 Å². The fourth-order valence-corrected chi connectivity index (χ4v) is 5.32. The van der Waals surface area contributed by atoms with Crippen LogP contribution in [0.25, 0.3) is 0 Å². The second-order valence-electron chi connectivity index (χ2n) is 11.7. The van der Waals surface area contributed by atoms with E-state index < -0.39 is 11.7 Å². The molecule has 0 atom stereocenters. The van der Waals surface area contributed by atoms with Crippen molar-refractivity contribution in [3.05, 3.63) is 47.4 Å². The molecule has 0 radical (unpaired) electrons. The zero-order valence-electron chi connectivity index (χ0n) is 26.7. The molecule has 0 spiro atoms. The molecule has 1 aromatic carbocycles. The Morgan fingerprint density at radius 2 is 1.77 bits per heavy atom.